The number of rotatable bonds is 22. The fourth-order valence-electron chi connectivity index (χ4n) is 7.23. The Morgan fingerprint density at radius 3 is 2.36 bits per heavy atom. The number of amides is 3. The number of nitrogens with zero attached hydrogens (tertiary/aromatic N) is 3. The Bertz CT molecular complexity index is 1650. The number of aldehydes is 1. The minimum Gasteiger partial charge on any atom is -0.508 e. The quantitative estimate of drug-likeness (QED) is 0.0722. The second-order valence-corrected chi connectivity index (χ2v) is 16.9. The summed E-state index contributed by atoms with van der Waals surface area (Å²) in [6.45, 7) is 13.0. The zero-order chi connectivity index (χ0) is 42.9. The second kappa shape index (κ2) is 23.9. The number of aromatic nitrogens is 1. The number of aromatic hydroxyl groups is 1. The summed E-state index contributed by atoms with van der Waals surface area (Å²) < 4.78 is 11.5. The first-order chi connectivity index (χ1) is 27.6. The van der Waals surface area contributed by atoms with Gasteiger partial charge in [0.1, 0.15) is 28.8 Å². The predicted octanol–water partition coefficient (Wildman–Crippen LogP) is 5.97. The van der Waals surface area contributed by atoms with E-state index in [1.165, 1.54) is 11.8 Å². The van der Waals surface area contributed by atoms with E-state index in [4.69, 9.17) is 9.47 Å². The Morgan fingerprint density at radius 2 is 1.74 bits per heavy atom. The second-order valence-electron chi connectivity index (χ2n) is 16.0. The number of likely N-dealkylation sites (tertiary alicyclic amines) is 1. The Morgan fingerprint density at radius 1 is 1.03 bits per heavy atom. The number of hydrogen-bond donors (Lipinski definition) is 3. The standard InChI is InChI=1S/C43H65N5O9S/c1-9-14-38(52)56-26-48(43(55)39(29(6)10-2)46-41(54)35-15-12-11-13-20-47(35)8)36(27(3)4)23-37(57-30(7)50)42-45-34(25-58-42)40(53)44-32(21-28(5)24-49)22-31-16-18-33(51)19-17-31/h16-19,24-25,27-29,32,35-37,39,51H,9-15,20-23,26H2,1-8H3,(H,44,53)(H,46,54)/t28-,29?,32+,35+,36+,37+,39-/m0/s1. The summed E-state index contributed by atoms with van der Waals surface area (Å²) in [6.07, 6.45) is 5.66. The average Bonchev–Trinajstić information content (AvgIpc) is 3.58. The van der Waals surface area contributed by atoms with Gasteiger partial charge in [0.2, 0.25) is 11.8 Å². The molecule has 3 amide bonds. The molecular formula is C43H65N5O9S. The minimum atomic E-state index is -0.975. The molecule has 2 heterocycles. The third kappa shape index (κ3) is 14.8. The third-order valence-corrected chi connectivity index (χ3v) is 11.7. The maximum Gasteiger partial charge on any atom is 0.307 e. The molecule has 0 saturated carbocycles. The molecule has 1 aliphatic rings. The fraction of sp³-hybridized carbons (Fsp3) is 0.651. The van der Waals surface area contributed by atoms with Crippen molar-refractivity contribution in [3.8, 4) is 5.75 Å². The highest BCUT2D eigenvalue weighted by atomic mass is 32.1. The summed E-state index contributed by atoms with van der Waals surface area (Å²) in [6, 6.07) is 4.26. The SMILES string of the molecule is CCCC(=O)OCN(C(=O)[C@@H](NC(=O)[C@H]1CCCCCN1C)C(C)CC)[C@H](C[C@@H](OC(C)=O)c1nc(C(=O)N[C@@H](Cc2ccc(O)cc2)C[C@H](C)C=O)cs1)C(C)C. The number of carbonyl (C=O) groups excluding carboxylic acids is 6. The summed E-state index contributed by atoms with van der Waals surface area (Å²) in [7, 11) is 1.93. The van der Waals surface area contributed by atoms with Crippen LogP contribution in [0, 0.1) is 17.8 Å². The monoisotopic (exact) mass is 827 g/mol. The molecule has 1 aromatic heterocycles. The molecule has 1 aromatic carbocycles. The largest absolute Gasteiger partial charge is 0.508 e. The molecule has 15 heteroatoms. The number of benzene rings is 1. The molecule has 3 N–H and O–H groups in total. The van der Waals surface area contributed by atoms with Crippen LogP contribution in [0.3, 0.4) is 0 Å². The molecule has 7 atom stereocenters. The van der Waals surface area contributed by atoms with E-state index in [0.717, 1.165) is 49.0 Å². The molecule has 0 bridgehead atoms. The lowest BCUT2D eigenvalue weighted by Crippen LogP contribution is -2.58. The normalized spacial score (nSPS) is 17.8. The van der Waals surface area contributed by atoms with Gasteiger partial charge in [-0.15, -0.1) is 11.3 Å². The number of phenols is 1. The van der Waals surface area contributed by atoms with Gasteiger partial charge < -0.3 is 34.9 Å². The van der Waals surface area contributed by atoms with Crippen LogP contribution in [0.5, 0.6) is 5.75 Å². The Kier molecular flexibility index (Phi) is 19.8. The van der Waals surface area contributed by atoms with E-state index in [-0.39, 0.29) is 60.7 Å². The Hall–Kier alpha value is -4.37. The summed E-state index contributed by atoms with van der Waals surface area (Å²) >= 11 is 1.14. The van der Waals surface area contributed by atoms with E-state index in [1.807, 2.05) is 46.6 Å². The molecule has 14 nitrogen and oxygen atoms in total. The van der Waals surface area contributed by atoms with E-state index in [1.54, 1.807) is 36.6 Å². The molecule has 322 valence electrons. The lowest BCUT2D eigenvalue weighted by Gasteiger charge is -2.39. The van der Waals surface area contributed by atoms with E-state index in [2.05, 4.69) is 15.6 Å². The first-order valence-corrected chi connectivity index (χ1v) is 21.6. The molecule has 1 fully saturated rings. The number of likely N-dealkylation sites (N-methyl/N-ethyl adjacent to an activating group) is 1. The van der Waals surface area contributed by atoms with Crippen molar-refractivity contribution in [2.24, 2.45) is 17.8 Å². The van der Waals surface area contributed by atoms with E-state index in [0.29, 0.717) is 37.1 Å². The van der Waals surface area contributed by atoms with E-state index >= 15 is 0 Å². The summed E-state index contributed by atoms with van der Waals surface area (Å²) in [5.41, 5.74) is 0.957. The lowest BCUT2D eigenvalue weighted by molar-refractivity contribution is -0.160. The van der Waals surface area contributed by atoms with Crippen molar-refractivity contribution >= 4 is 47.3 Å². The topological polar surface area (TPSA) is 185 Å². The van der Waals surface area contributed by atoms with Gasteiger partial charge in [0.05, 0.1) is 6.04 Å². The maximum absolute atomic E-state index is 14.8. The summed E-state index contributed by atoms with van der Waals surface area (Å²) in [5.74, 6) is -2.86. The molecule has 1 saturated heterocycles. The van der Waals surface area contributed by atoms with E-state index in [9.17, 15) is 33.9 Å². The van der Waals surface area contributed by atoms with Crippen molar-refractivity contribution in [2.45, 2.75) is 143 Å². The number of esters is 2. The van der Waals surface area contributed by atoms with Crippen LogP contribution in [0.4, 0.5) is 0 Å². The van der Waals surface area contributed by atoms with Gasteiger partial charge in [0, 0.05) is 43.1 Å². The van der Waals surface area contributed by atoms with Crippen molar-refractivity contribution in [3.63, 3.8) is 0 Å². The first kappa shape index (κ1) is 48.0. The zero-order valence-corrected chi connectivity index (χ0v) is 36.3. The lowest BCUT2D eigenvalue weighted by atomic mass is 9.92. The molecular weight excluding hydrogens is 763 g/mol. The minimum absolute atomic E-state index is 0.0652. The highest BCUT2D eigenvalue weighted by molar-refractivity contribution is 7.09. The molecule has 0 spiro atoms. The molecule has 0 aliphatic carbocycles. The van der Waals surface area contributed by atoms with Crippen LogP contribution in [0.2, 0.25) is 0 Å². The van der Waals surface area contributed by atoms with Gasteiger partial charge in [0.15, 0.2) is 12.8 Å². The number of nitrogens with one attached hydrogen (secondary N) is 2. The van der Waals surface area contributed by atoms with Crippen LogP contribution in [-0.4, -0.2) is 100 Å². The van der Waals surface area contributed by atoms with Crippen molar-refractivity contribution in [1.29, 1.82) is 0 Å². The fourth-order valence-corrected chi connectivity index (χ4v) is 8.07. The molecule has 1 aliphatic heterocycles. The predicted molar refractivity (Wildman–Crippen MR) is 222 cm³/mol. The van der Waals surface area contributed by atoms with Crippen LogP contribution in [0.1, 0.15) is 133 Å². The number of ether oxygens (including phenoxy) is 2. The van der Waals surface area contributed by atoms with Crippen LogP contribution in [0.25, 0.3) is 0 Å². The van der Waals surface area contributed by atoms with Gasteiger partial charge in [-0.1, -0.05) is 72.9 Å². The highest BCUT2D eigenvalue weighted by Crippen LogP contribution is 2.32. The molecule has 58 heavy (non-hydrogen) atoms. The van der Waals surface area contributed by atoms with Crippen molar-refractivity contribution in [2.75, 3.05) is 20.3 Å². The van der Waals surface area contributed by atoms with Crippen LogP contribution in [-0.2, 0) is 39.9 Å². The summed E-state index contributed by atoms with van der Waals surface area (Å²) in [5, 5.41) is 17.7. The average molecular weight is 828 g/mol. The van der Waals surface area contributed by atoms with Crippen LogP contribution < -0.4 is 10.6 Å². The van der Waals surface area contributed by atoms with Crippen LogP contribution in [0.15, 0.2) is 29.6 Å². The van der Waals surface area contributed by atoms with Gasteiger partial charge >= 0.3 is 11.9 Å². The molecule has 1 unspecified atom stereocenters. The van der Waals surface area contributed by atoms with Crippen molar-refractivity contribution in [3.05, 3.63) is 45.9 Å². The van der Waals surface area contributed by atoms with Crippen molar-refractivity contribution < 1.29 is 43.3 Å². The number of phenolic OH excluding ortho intramolecular Hbond substituents is 1. The highest BCUT2D eigenvalue weighted by Gasteiger charge is 2.39. The maximum atomic E-state index is 14.8. The Balaban J connectivity index is 1.95. The number of carbonyl (C=O) groups is 6. The number of thiazole rings is 1. The molecule has 2 aromatic rings. The van der Waals surface area contributed by atoms with E-state index < -0.39 is 48.0 Å². The van der Waals surface area contributed by atoms with Crippen molar-refractivity contribution in [1.82, 2.24) is 25.4 Å². The zero-order valence-electron chi connectivity index (χ0n) is 35.5. The number of hydrogen-bond acceptors (Lipinski definition) is 12. The summed E-state index contributed by atoms with van der Waals surface area (Å²) in [4.78, 5) is 87.2. The van der Waals surface area contributed by atoms with Gasteiger partial charge in [-0.25, -0.2) is 4.98 Å². The van der Waals surface area contributed by atoms with Gasteiger partial charge in [-0.3, -0.25) is 28.9 Å². The molecule has 3 rings (SSSR count). The van der Waals surface area contributed by atoms with Crippen LogP contribution >= 0.6 is 11.3 Å². The van der Waals surface area contributed by atoms with Gasteiger partial charge in [-0.05, 0) is 75.2 Å². The van der Waals surface area contributed by atoms with Gasteiger partial charge in [0.25, 0.3) is 5.91 Å². The smallest absolute Gasteiger partial charge is 0.307 e. The first-order valence-electron chi connectivity index (χ1n) is 20.7. The molecule has 0 radical (unpaired) electrons. The Labute approximate surface area is 347 Å². The van der Waals surface area contributed by atoms with Gasteiger partial charge in [-0.2, -0.15) is 0 Å². The third-order valence-electron chi connectivity index (χ3n) is 10.8.